The van der Waals surface area contributed by atoms with E-state index >= 15 is 0 Å². The monoisotopic (exact) mass is 298 g/mol. The van der Waals surface area contributed by atoms with Crippen molar-refractivity contribution in [2.24, 2.45) is 0 Å². The molecule has 1 aliphatic rings. The van der Waals surface area contributed by atoms with Gasteiger partial charge in [0.15, 0.2) is 11.6 Å². The molecule has 22 heavy (non-hydrogen) atoms. The van der Waals surface area contributed by atoms with E-state index in [-0.39, 0.29) is 33.6 Å². The van der Waals surface area contributed by atoms with E-state index in [4.69, 9.17) is 0 Å². The number of ketones is 2. The molecule has 0 heterocycles. The quantitative estimate of drug-likeness (QED) is 0.523. The summed E-state index contributed by atoms with van der Waals surface area (Å²) in [5.74, 6) is -2.65. The van der Waals surface area contributed by atoms with E-state index < -0.39 is 23.3 Å². The smallest absolute Gasteiger partial charge is 0.337 e. The largest absolute Gasteiger partial charge is 0.507 e. The lowest BCUT2D eigenvalue weighted by Crippen LogP contribution is -2.22. The van der Waals surface area contributed by atoms with Crippen molar-refractivity contribution < 1.29 is 29.3 Å². The van der Waals surface area contributed by atoms with Gasteiger partial charge in [-0.05, 0) is 30.3 Å². The highest BCUT2D eigenvalue weighted by Crippen LogP contribution is 2.37. The zero-order valence-corrected chi connectivity index (χ0v) is 11.4. The number of methoxy groups -OCH3 is 1. The van der Waals surface area contributed by atoms with Crippen LogP contribution in [-0.2, 0) is 4.74 Å². The summed E-state index contributed by atoms with van der Waals surface area (Å²) in [5.41, 5.74) is -0.333. The number of phenols is 2. The zero-order valence-electron chi connectivity index (χ0n) is 11.4. The number of aromatic hydroxyl groups is 2. The maximum absolute atomic E-state index is 12.5. The molecule has 0 saturated carbocycles. The van der Waals surface area contributed by atoms with Gasteiger partial charge in [-0.15, -0.1) is 0 Å². The Morgan fingerprint density at radius 2 is 1.45 bits per heavy atom. The first-order valence-corrected chi connectivity index (χ1v) is 6.32. The van der Waals surface area contributed by atoms with Gasteiger partial charge in [-0.2, -0.15) is 0 Å². The predicted octanol–water partition coefficient (Wildman–Crippen LogP) is 1.66. The Morgan fingerprint density at radius 3 is 2.00 bits per heavy atom. The standard InChI is InChI=1S/C16H10O6/c1-22-16(21)7-2-3-8-9(6-7)15(20)13-11(18)5-4-10(17)12(13)14(8)19/h2-6,17-18H,1H3. The Balaban J connectivity index is 2.27. The van der Waals surface area contributed by atoms with Crippen LogP contribution in [0.2, 0.25) is 0 Å². The van der Waals surface area contributed by atoms with Crippen LogP contribution in [0.1, 0.15) is 42.2 Å². The Labute approximate surface area is 124 Å². The number of rotatable bonds is 1. The van der Waals surface area contributed by atoms with Gasteiger partial charge in [-0.3, -0.25) is 9.59 Å². The molecule has 3 rings (SSSR count). The molecule has 6 nitrogen and oxygen atoms in total. The number of carbonyl (C=O) groups is 3. The van der Waals surface area contributed by atoms with Gasteiger partial charge in [0.2, 0.25) is 0 Å². The van der Waals surface area contributed by atoms with E-state index in [1.165, 1.54) is 25.3 Å². The van der Waals surface area contributed by atoms with Gasteiger partial charge in [0.25, 0.3) is 0 Å². The third-order valence-electron chi connectivity index (χ3n) is 3.55. The first kappa shape index (κ1) is 13.8. The summed E-state index contributed by atoms with van der Waals surface area (Å²) >= 11 is 0. The second-order valence-electron chi connectivity index (χ2n) is 4.76. The van der Waals surface area contributed by atoms with Crippen LogP contribution in [0.5, 0.6) is 11.5 Å². The molecule has 0 unspecified atom stereocenters. The molecule has 0 aromatic heterocycles. The molecule has 2 N–H and O–H groups in total. The van der Waals surface area contributed by atoms with Crippen molar-refractivity contribution >= 4 is 17.5 Å². The van der Waals surface area contributed by atoms with Gasteiger partial charge in [-0.25, -0.2) is 4.79 Å². The normalized spacial score (nSPS) is 12.6. The molecule has 2 aromatic rings. The van der Waals surface area contributed by atoms with E-state index in [0.717, 1.165) is 12.1 Å². The summed E-state index contributed by atoms with van der Waals surface area (Å²) in [4.78, 5) is 36.5. The van der Waals surface area contributed by atoms with Gasteiger partial charge in [-0.1, -0.05) is 0 Å². The fraction of sp³-hybridized carbons (Fsp3) is 0.0625. The SMILES string of the molecule is COC(=O)c1ccc2c(c1)C(=O)c1c(O)ccc(O)c1C2=O. The third-order valence-corrected chi connectivity index (χ3v) is 3.55. The minimum Gasteiger partial charge on any atom is -0.507 e. The molecule has 2 aromatic carbocycles. The summed E-state index contributed by atoms with van der Waals surface area (Å²) in [6.45, 7) is 0. The Bertz CT molecular complexity index is 850. The Morgan fingerprint density at radius 1 is 0.909 bits per heavy atom. The third kappa shape index (κ3) is 1.77. The van der Waals surface area contributed by atoms with Crippen molar-refractivity contribution in [2.45, 2.75) is 0 Å². The fourth-order valence-electron chi connectivity index (χ4n) is 2.48. The lowest BCUT2D eigenvalue weighted by molar-refractivity contribution is 0.0600. The number of hydrogen-bond donors (Lipinski definition) is 2. The number of fused-ring (bicyclic) bond motifs is 2. The van der Waals surface area contributed by atoms with Crippen molar-refractivity contribution in [1.29, 1.82) is 0 Å². The summed E-state index contributed by atoms with van der Waals surface area (Å²) in [5, 5.41) is 19.7. The number of carbonyl (C=O) groups excluding carboxylic acids is 3. The second-order valence-corrected chi connectivity index (χ2v) is 4.76. The predicted molar refractivity (Wildman–Crippen MR) is 74.4 cm³/mol. The molecule has 0 aliphatic heterocycles. The van der Waals surface area contributed by atoms with Crippen LogP contribution in [0.3, 0.4) is 0 Å². The number of ether oxygens (including phenoxy) is 1. The average molecular weight is 298 g/mol. The molecule has 0 amide bonds. The second kappa shape index (κ2) is 4.70. The van der Waals surface area contributed by atoms with Crippen molar-refractivity contribution in [3.8, 4) is 11.5 Å². The van der Waals surface area contributed by atoms with Gasteiger partial charge in [0, 0.05) is 11.1 Å². The van der Waals surface area contributed by atoms with Crippen LogP contribution in [0.25, 0.3) is 0 Å². The Kier molecular flexibility index (Phi) is 2.95. The topological polar surface area (TPSA) is 101 Å². The molecule has 0 radical (unpaired) electrons. The highest BCUT2D eigenvalue weighted by Gasteiger charge is 2.34. The average Bonchev–Trinajstić information content (AvgIpc) is 2.53. The molecular formula is C16H10O6. The molecule has 110 valence electrons. The van der Waals surface area contributed by atoms with Crippen molar-refractivity contribution in [3.05, 3.63) is 58.1 Å². The summed E-state index contributed by atoms with van der Waals surface area (Å²) in [7, 11) is 1.20. The van der Waals surface area contributed by atoms with Crippen LogP contribution in [0, 0.1) is 0 Å². The first-order valence-electron chi connectivity index (χ1n) is 6.32. The molecular weight excluding hydrogens is 288 g/mol. The lowest BCUT2D eigenvalue weighted by Gasteiger charge is -2.19. The summed E-state index contributed by atoms with van der Waals surface area (Å²) < 4.78 is 4.58. The highest BCUT2D eigenvalue weighted by molar-refractivity contribution is 6.30. The van der Waals surface area contributed by atoms with Crippen molar-refractivity contribution in [1.82, 2.24) is 0 Å². The maximum atomic E-state index is 12.5. The number of benzene rings is 2. The molecule has 0 fully saturated rings. The van der Waals surface area contributed by atoms with Gasteiger partial charge < -0.3 is 14.9 Å². The molecule has 0 bridgehead atoms. The number of hydrogen-bond acceptors (Lipinski definition) is 6. The van der Waals surface area contributed by atoms with E-state index in [9.17, 15) is 24.6 Å². The molecule has 6 heteroatoms. The summed E-state index contributed by atoms with van der Waals surface area (Å²) in [6.07, 6.45) is 0. The van der Waals surface area contributed by atoms with Crippen LogP contribution < -0.4 is 0 Å². The lowest BCUT2D eigenvalue weighted by atomic mass is 9.82. The first-order chi connectivity index (χ1) is 10.5. The Hall–Kier alpha value is -3.15. The van der Waals surface area contributed by atoms with Gasteiger partial charge in [0.05, 0.1) is 23.8 Å². The van der Waals surface area contributed by atoms with E-state index in [1.807, 2.05) is 0 Å². The molecule has 0 saturated heterocycles. The van der Waals surface area contributed by atoms with Crippen molar-refractivity contribution in [2.75, 3.05) is 7.11 Å². The number of esters is 1. The highest BCUT2D eigenvalue weighted by atomic mass is 16.5. The van der Waals surface area contributed by atoms with Crippen LogP contribution in [-0.4, -0.2) is 34.9 Å². The van der Waals surface area contributed by atoms with Crippen LogP contribution >= 0.6 is 0 Å². The molecule has 0 atom stereocenters. The van der Waals surface area contributed by atoms with E-state index in [0.29, 0.717) is 0 Å². The maximum Gasteiger partial charge on any atom is 0.337 e. The van der Waals surface area contributed by atoms with Crippen molar-refractivity contribution in [3.63, 3.8) is 0 Å². The minimum absolute atomic E-state index is 0.0127. The minimum atomic E-state index is -0.644. The van der Waals surface area contributed by atoms with E-state index in [2.05, 4.69) is 4.74 Å². The van der Waals surface area contributed by atoms with Crippen LogP contribution in [0.15, 0.2) is 30.3 Å². The molecule has 0 spiro atoms. The van der Waals surface area contributed by atoms with Gasteiger partial charge in [0.1, 0.15) is 11.5 Å². The zero-order chi connectivity index (χ0) is 16.0. The summed E-state index contributed by atoms with van der Waals surface area (Å²) in [6, 6.07) is 6.21. The van der Waals surface area contributed by atoms with E-state index in [1.54, 1.807) is 0 Å². The fourth-order valence-corrected chi connectivity index (χ4v) is 2.48. The van der Waals surface area contributed by atoms with Crippen LogP contribution in [0.4, 0.5) is 0 Å². The van der Waals surface area contributed by atoms with Gasteiger partial charge >= 0.3 is 5.97 Å². The number of phenolic OH excluding ortho intramolecular Hbond substituents is 2. The molecule has 1 aliphatic carbocycles.